The molecule has 0 amide bonds. The van der Waals surface area contributed by atoms with Crippen LogP contribution in [-0.2, 0) is 5.88 Å². The first kappa shape index (κ1) is 10.3. The average Bonchev–Trinajstić information content (AvgIpc) is 2.15. The molecule has 0 unspecified atom stereocenters. The molecule has 0 bridgehead atoms. The zero-order valence-corrected chi connectivity index (χ0v) is 8.71. The molecule has 0 fully saturated rings. The number of alkyl halides is 1. The largest absolute Gasteiger partial charge is 0.477 e. The summed E-state index contributed by atoms with van der Waals surface area (Å²) in [5.41, 5.74) is 1.01. The Kier molecular flexibility index (Phi) is 4.03. The van der Waals surface area contributed by atoms with E-state index in [-0.39, 0.29) is 0 Å². The van der Waals surface area contributed by atoms with Crippen molar-refractivity contribution in [3.8, 4) is 5.88 Å². The Morgan fingerprint density at radius 3 is 2.69 bits per heavy atom. The number of rotatable bonds is 4. The van der Waals surface area contributed by atoms with Gasteiger partial charge in [-0.05, 0) is 11.5 Å². The maximum absolute atomic E-state index is 5.63. The van der Waals surface area contributed by atoms with Crippen LogP contribution in [0.4, 0.5) is 0 Å². The van der Waals surface area contributed by atoms with Crippen LogP contribution in [0.3, 0.4) is 0 Å². The van der Waals surface area contributed by atoms with Crippen molar-refractivity contribution in [2.24, 2.45) is 5.92 Å². The molecule has 0 atom stereocenters. The molecule has 0 aliphatic carbocycles. The normalized spacial score (nSPS) is 10.5. The van der Waals surface area contributed by atoms with Crippen LogP contribution in [0, 0.1) is 5.92 Å². The SMILES string of the molecule is CC(C)COc1ccc(CCl)cn1. The van der Waals surface area contributed by atoms with Crippen LogP contribution >= 0.6 is 11.6 Å². The third kappa shape index (κ3) is 3.64. The van der Waals surface area contributed by atoms with Crippen molar-refractivity contribution in [1.82, 2.24) is 4.98 Å². The van der Waals surface area contributed by atoms with Gasteiger partial charge in [-0.1, -0.05) is 19.9 Å². The summed E-state index contributed by atoms with van der Waals surface area (Å²) in [5.74, 6) is 1.69. The Hall–Kier alpha value is -0.760. The minimum absolute atomic E-state index is 0.497. The van der Waals surface area contributed by atoms with Gasteiger partial charge in [0.1, 0.15) is 0 Å². The van der Waals surface area contributed by atoms with Gasteiger partial charge < -0.3 is 4.74 Å². The van der Waals surface area contributed by atoms with E-state index >= 15 is 0 Å². The van der Waals surface area contributed by atoms with Crippen LogP contribution in [-0.4, -0.2) is 11.6 Å². The fourth-order valence-corrected chi connectivity index (χ4v) is 0.985. The lowest BCUT2D eigenvalue weighted by Crippen LogP contribution is -2.05. The van der Waals surface area contributed by atoms with Crippen molar-refractivity contribution in [3.63, 3.8) is 0 Å². The molecule has 0 aliphatic heterocycles. The van der Waals surface area contributed by atoms with Crippen molar-refractivity contribution in [1.29, 1.82) is 0 Å². The number of nitrogens with zero attached hydrogens (tertiary/aromatic N) is 1. The van der Waals surface area contributed by atoms with Crippen LogP contribution in [0.15, 0.2) is 18.3 Å². The van der Waals surface area contributed by atoms with E-state index in [0.29, 0.717) is 24.3 Å². The van der Waals surface area contributed by atoms with E-state index in [1.165, 1.54) is 0 Å². The van der Waals surface area contributed by atoms with Gasteiger partial charge in [-0.2, -0.15) is 0 Å². The molecule has 1 heterocycles. The molecule has 2 nitrogen and oxygen atoms in total. The van der Waals surface area contributed by atoms with Gasteiger partial charge in [-0.15, -0.1) is 11.6 Å². The zero-order valence-electron chi connectivity index (χ0n) is 7.96. The lowest BCUT2D eigenvalue weighted by atomic mass is 10.2. The Balaban J connectivity index is 2.49. The molecule has 0 saturated carbocycles. The van der Waals surface area contributed by atoms with E-state index in [4.69, 9.17) is 16.3 Å². The third-order valence-corrected chi connectivity index (χ3v) is 1.83. The number of hydrogen-bond acceptors (Lipinski definition) is 2. The topological polar surface area (TPSA) is 22.1 Å². The quantitative estimate of drug-likeness (QED) is 0.696. The van der Waals surface area contributed by atoms with E-state index in [1.807, 2.05) is 12.1 Å². The van der Waals surface area contributed by atoms with E-state index < -0.39 is 0 Å². The van der Waals surface area contributed by atoms with Crippen LogP contribution in [0.5, 0.6) is 5.88 Å². The Bertz CT molecular complexity index is 246. The minimum atomic E-state index is 0.497. The number of halogens is 1. The molecule has 1 rings (SSSR count). The van der Waals surface area contributed by atoms with E-state index in [2.05, 4.69) is 18.8 Å². The summed E-state index contributed by atoms with van der Waals surface area (Å²) in [5, 5.41) is 0. The molecule has 3 heteroatoms. The second-order valence-electron chi connectivity index (χ2n) is 3.34. The first-order valence-electron chi connectivity index (χ1n) is 4.36. The van der Waals surface area contributed by atoms with Gasteiger partial charge in [0.25, 0.3) is 0 Å². The van der Waals surface area contributed by atoms with E-state index in [1.54, 1.807) is 6.20 Å². The highest BCUT2D eigenvalue weighted by Crippen LogP contribution is 2.10. The average molecular weight is 200 g/mol. The highest BCUT2D eigenvalue weighted by Gasteiger charge is 1.98. The Morgan fingerprint density at radius 1 is 1.46 bits per heavy atom. The van der Waals surface area contributed by atoms with Crippen LogP contribution in [0.25, 0.3) is 0 Å². The molecule has 13 heavy (non-hydrogen) atoms. The second kappa shape index (κ2) is 5.07. The third-order valence-electron chi connectivity index (χ3n) is 1.52. The van der Waals surface area contributed by atoms with Gasteiger partial charge in [0.15, 0.2) is 0 Å². The molecule has 0 N–H and O–H groups in total. The highest BCUT2D eigenvalue weighted by atomic mass is 35.5. The summed E-state index contributed by atoms with van der Waals surface area (Å²) in [6.07, 6.45) is 1.74. The summed E-state index contributed by atoms with van der Waals surface area (Å²) in [6.45, 7) is 4.91. The van der Waals surface area contributed by atoms with Gasteiger partial charge >= 0.3 is 0 Å². The summed E-state index contributed by atoms with van der Waals surface area (Å²) in [4.78, 5) is 4.11. The maximum Gasteiger partial charge on any atom is 0.213 e. The monoisotopic (exact) mass is 199 g/mol. The van der Waals surface area contributed by atoms with Gasteiger partial charge in [-0.3, -0.25) is 0 Å². The Labute approximate surface area is 83.9 Å². The van der Waals surface area contributed by atoms with Crippen molar-refractivity contribution in [2.45, 2.75) is 19.7 Å². The molecule has 0 saturated heterocycles. The van der Waals surface area contributed by atoms with Gasteiger partial charge in [0.05, 0.1) is 6.61 Å². The fraction of sp³-hybridized carbons (Fsp3) is 0.500. The van der Waals surface area contributed by atoms with Crippen molar-refractivity contribution < 1.29 is 4.74 Å². The molecule has 0 aromatic carbocycles. The van der Waals surface area contributed by atoms with Gasteiger partial charge in [0, 0.05) is 18.1 Å². The van der Waals surface area contributed by atoms with Crippen molar-refractivity contribution in [2.75, 3.05) is 6.61 Å². The van der Waals surface area contributed by atoms with Crippen molar-refractivity contribution >= 4 is 11.6 Å². The first-order chi connectivity index (χ1) is 6.22. The minimum Gasteiger partial charge on any atom is -0.477 e. The van der Waals surface area contributed by atoms with Crippen LogP contribution in [0.1, 0.15) is 19.4 Å². The fourth-order valence-electron chi connectivity index (χ4n) is 0.827. The lowest BCUT2D eigenvalue weighted by molar-refractivity contribution is 0.261. The zero-order chi connectivity index (χ0) is 9.68. The van der Waals surface area contributed by atoms with Gasteiger partial charge in [0.2, 0.25) is 5.88 Å². The number of aromatic nitrogens is 1. The number of ether oxygens (including phenoxy) is 1. The predicted molar refractivity (Wildman–Crippen MR) is 54.1 cm³/mol. The molecule has 0 spiro atoms. The van der Waals surface area contributed by atoms with Crippen LogP contribution in [0.2, 0.25) is 0 Å². The predicted octanol–water partition coefficient (Wildman–Crippen LogP) is 2.86. The molecule has 1 aromatic heterocycles. The Morgan fingerprint density at radius 2 is 2.23 bits per heavy atom. The summed E-state index contributed by atoms with van der Waals surface area (Å²) in [7, 11) is 0. The lowest BCUT2D eigenvalue weighted by Gasteiger charge is -2.07. The summed E-state index contributed by atoms with van der Waals surface area (Å²) in [6, 6.07) is 3.77. The molecular formula is C10H14ClNO. The van der Waals surface area contributed by atoms with Crippen LogP contribution < -0.4 is 4.74 Å². The molecule has 0 radical (unpaired) electrons. The maximum atomic E-state index is 5.63. The van der Waals surface area contributed by atoms with Crippen molar-refractivity contribution in [3.05, 3.63) is 23.9 Å². The smallest absolute Gasteiger partial charge is 0.213 e. The van der Waals surface area contributed by atoms with Gasteiger partial charge in [-0.25, -0.2) is 4.98 Å². The number of hydrogen-bond donors (Lipinski definition) is 0. The van der Waals surface area contributed by atoms with E-state index in [0.717, 1.165) is 5.56 Å². The second-order valence-corrected chi connectivity index (χ2v) is 3.61. The first-order valence-corrected chi connectivity index (χ1v) is 4.89. The summed E-state index contributed by atoms with van der Waals surface area (Å²) >= 11 is 5.63. The summed E-state index contributed by atoms with van der Waals surface area (Å²) < 4.78 is 5.41. The highest BCUT2D eigenvalue weighted by molar-refractivity contribution is 6.17. The molecule has 0 aliphatic rings. The molecular weight excluding hydrogens is 186 g/mol. The molecule has 72 valence electrons. The number of pyridine rings is 1. The van der Waals surface area contributed by atoms with E-state index in [9.17, 15) is 0 Å². The standard InChI is InChI=1S/C10H14ClNO/c1-8(2)7-13-10-4-3-9(5-11)6-12-10/h3-4,6,8H,5,7H2,1-2H3. The molecule has 1 aromatic rings.